The lowest BCUT2D eigenvalue weighted by molar-refractivity contribution is -0.145. The topological polar surface area (TPSA) is 66.8 Å². The van der Waals surface area contributed by atoms with Crippen LogP contribution in [0.15, 0.2) is 24.3 Å². The number of piperidine rings is 1. The number of ether oxygens (including phenoxy) is 1. The van der Waals surface area contributed by atoms with Crippen LogP contribution in [-0.4, -0.2) is 40.8 Å². The highest BCUT2D eigenvalue weighted by Crippen LogP contribution is 2.31. The van der Waals surface area contributed by atoms with Gasteiger partial charge in [0, 0.05) is 13.1 Å². The maximum Gasteiger partial charge on any atom is 0.416 e. The Bertz CT molecular complexity index is 680. The van der Waals surface area contributed by atoms with E-state index < -0.39 is 35.3 Å². The Morgan fingerprint density at radius 2 is 1.78 bits per heavy atom. The van der Waals surface area contributed by atoms with Crippen molar-refractivity contribution < 1.29 is 32.6 Å². The molecule has 1 fully saturated rings. The summed E-state index contributed by atoms with van der Waals surface area (Å²) < 4.78 is 43.3. The third-order valence-electron chi connectivity index (χ3n) is 4.50. The summed E-state index contributed by atoms with van der Waals surface area (Å²) in [5.74, 6) is -2.09. The molecule has 1 saturated heterocycles. The number of carbonyl (C=O) groups is 2. The molecular weight excluding hydrogens is 363 g/mol. The van der Waals surface area contributed by atoms with Crippen LogP contribution in [0.5, 0.6) is 0 Å². The fourth-order valence-corrected chi connectivity index (χ4v) is 3.15. The minimum Gasteiger partial charge on any atom is -0.481 e. The summed E-state index contributed by atoms with van der Waals surface area (Å²) in [5.41, 5.74) is -0.766. The van der Waals surface area contributed by atoms with Gasteiger partial charge in [0.2, 0.25) is 0 Å². The van der Waals surface area contributed by atoms with Crippen LogP contribution in [-0.2, 0) is 22.1 Å². The van der Waals surface area contributed by atoms with Gasteiger partial charge in [-0.15, -0.1) is 0 Å². The van der Waals surface area contributed by atoms with Crippen molar-refractivity contribution in [2.75, 3.05) is 13.1 Å². The molecule has 2 rings (SSSR count). The number of carboxylic acids is 1. The van der Waals surface area contributed by atoms with Gasteiger partial charge in [-0.05, 0) is 57.2 Å². The van der Waals surface area contributed by atoms with Crippen molar-refractivity contribution in [3.05, 3.63) is 35.4 Å². The smallest absolute Gasteiger partial charge is 0.416 e. The van der Waals surface area contributed by atoms with Crippen LogP contribution in [0.3, 0.4) is 0 Å². The quantitative estimate of drug-likeness (QED) is 0.844. The molecule has 1 aromatic rings. The maximum absolute atomic E-state index is 12.7. The van der Waals surface area contributed by atoms with Gasteiger partial charge in [0.25, 0.3) is 0 Å². The molecule has 0 unspecified atom stereocenters. The minimum atomic E-state index is -4.40. The zero-order valence-electron chi connectivity index (χ0n) is 15.5. The zero-order chi connectivity index (χ0) is 20.4. The number of amides is 1. The van der Waals surface area contributed by atoms with Gasteiger partial charge in [-0.25, -0.2) is 4.79 Å². The van der Waals surface area contributed by atoms with Gasteiger partial charge in [0.1, 0.15) is 5.60 Å². The third kappa shape index (κ3) is 5.87. The lowest BCUT2D eigenvalue weighted by atomic mass is 9.81. The van der Waals surface area contributed by atoms with Crippen LogP contribution in [0.1, 0.15) is 38.3 Å². The lowest BCUT2D eigenvalue weighted by Gasteiger charge is -2.37. The molecule has 1 aliphatic heterocycles. The maximum atomic E-state index is 12.7. The summed E-state index contributed by atoms with van der Waals surface area (Å²) in [6.45, 7) is 5.57. The average Bonchev–Trinajstić information content (AvgIpc) is 2.53. The Morgan fingerprint density at radius 1 is 1.19 bits per heavy atom. The van der Waals surface area contributed by atoms with Gasteiger partial charge in [0.15, 0.2) is 0 Å². The van der Waals surface area contributed by atoms with Gasteiger partial charge in [-0.3, -0.25) is 4.79 Å². The van der Waals surface area contributed by atoms with Crippen LogP contribution in [0.25, 0.3) is 0 Å². The molecule has 2 atom stereocenters. The summed E-state index contributed by atoms with van der Waals surface area (Å²) in [7, 11) is 0. The summed E-state index contributed by atoms with van der Waals surface area (Å²) in [6.07, 6.45) is -4.17. The predicted octanol–water partition coefficient (Wildman–Crippen LogP) is 4.21. The average molecular weight is 387 g/mol. The molecule has 150 valence electrons. The number of rotatable bonds is 3. The number of hydrogen-bond acceptors (Lipinski definition) is 3. The second-order valence-electron chi connectivity index (χ2n) is 7.82. The molecule has 0 saturated carbocycles. The first-order valence-corrected chi connectivity index (χ1v) is 8.73. The predicted molar refractivity (Wildman–Crippen MR) is 92.2 cm³/mol. The van der Waals surface area contributed by atoms with Crippen molar-refractivity contribution in [1.29, 1.82) is 0 Å². The molecule has 8 heteroatoms. The summed E-state index contributed by atoms with van der Waals surface area (Å²) >= 11 is 0. The molecule has 1 aliphatic rings. The van der Waals surface area contributed by atoms with Crippen LogP contribution >= 0.6 is 0 Å². The van der Waals surface area contributed by atoms with Crippen molar-refractivity contribution in [1.82, 2.24) is 4.90 Å². The second kappa shape index (κ2) is 7.78. The first-order valence-electron chi connectivity index (χ1n) is 8.73. The van der Waals surface area contributed by atoms with E-state index in [0.29, 0.717) is 24.9 Å². The number of aliphatic carboxylic acids is 1. The molecule has 0 aromatic heterocycles. The Hall–Kier alpha value is -2.25. The molecule has 0 radical (unpaired) electrons. The van der Waals surface area contributed by atoms with E-state index in [1.54, 1.807) is 20.8 Å². The van der Waals surface area contributed by atoms with Crippen LogP contribution in [0.4, 0.5) is 18.0 Å². The first-order chi connectivity index (χ1) is 12.4. The molecule has 1 aromatic carbocycles. The third-order valence-corrected chi connectivity index (χ3v) is 4.50. The van der Waals surface area contributed by atoms with E-state index in [2.05, 4.69) is 0 Å². The number of hydrogen-bond donors (Lipinski definition) is 1. The summed E-state index contributed by atoms with van der Waals surface area (Å²) in [6, 6.07) is 4.76. The number of benzene rings is 1. The van der Waals surface area contributed by atoms with E-state index in [0.717, 1.165) is 12.1 Å². The van der Waals surface area contributed by atoms with Crippen LogP contribution in [0, 0.1) is 11.8 Å². The molecular formula is C19H24F3NO4. The Morgan fingerprint density at radius 3 is 2.26 bits per heavy atom. The molecule has 0 bridgehead atoms. The van der Waals surface area contributed by atoms with Crippen LogP contribution in [0.2, 0.25) is 0 Å². The number of nitrogens with zero attached hydrogens (tertiary/aromatic N) is 1. The van der Waals surface area contributed by atoms with E-state index in [4.69, 9.17) is 4.74 Å². The fourth-order valence-electron chi connectivity index (χ4n) is 3.15. The SMILES string of the molecule is CC(C)(C)OC(=O)N1CC[C@@H](Cc2ccc(C(F)(F)F)cc2)[C@@H](C(=O)O)C1. The Balaban J connectivity index is 2.06. The van der Waals surface area contributed by atoms with E-state index >= 15 is 0 Å². The fraction of sp³-hybridized carbons (Fsp3) is 0.579. The highest BCUT2D eigenvalue weighted by Gasteiger charge is 2.37. The summed E-state index contributed by atoms with van der Waals surface area (Å²) in [4.78, 5) is 25.2. The standard InChI is InChI=1S/C19H24F3NO4/c1-18(2,3)27-17(26)23-9-8-13(15(11-23)16(24)25)10-12-4-6-14(7-5-12)19(20,21)22/h4-7,13,15H,8-11H2,1-3H3,(H,24,25)/t13-,15-/m0/s1. The van der Waals surface area contributed by atoms with E-state index in [1.807, 2.05) is 0 Å². The lowest BCUT2D eigenvalue weighted by Crippen LogP contribution is -2.48. The molecule has 0 spiro atoms. The van der Waals surface area contributed by atoms with Crippen molar-refractivity contribution in [3.63, 3.8) is 0 Å². The number of alkyl halides is 3. The highest BCUT2D eigenvalue weighted by molar-refractivity contribution is 5.73. The molecule has 1 amide bonds. The molecule has 1 heterocycles. The second-order valence-corrected chi connectivity index (χ2v) is 7.82. The number of carbonyl (C=O) groups excluding carboxylic acids is 1. The van der Waals surface area contributed by atoms with E-state index in [9.17, 15) is 27.9 Å². The van der Waals surface area contributed by atoms with Crippen molar-refractivity contribution in [2.24, 2.45) is 11.8 Å². The number of carboxylic acid groups (broad SMARTS) is 1. The molecule has 1 N–H and O–H groups in total. The van der Waals surface area contributed by atoms with Gasteiger partial charge in [-0.2, -0.15) is 13.2 Å². The van der Waals surface area contributed by atoms with Crippen molar-refractivity contribution in [2.45, 2.75) is 45.4 Å². The highest BCUT2D eigenvalue weighted by atomic mass is 19.4. The molecule has 5 nitrogen and oxygen atoms in total. The largest absolute Gasteiger partial charge is 0.481 e. The van der Waals surface area contributed by atoms with E-state index in [-0.39, 0.29) is 12.5 Å². The van der Waals surface area contributed by atoms with Gasteiger partial charge in [0.05, 0.1) is 11.5 Å². The van der Waals surface area contributed by atoms with Gasteiger partial charge >= 0.3 is 18.2 Å². The normalized spacial score (nSPS) is 21.0. The molecule has 27 heavy (non-hydrogen) atoms. The minimum absolute atomic E-state index is 0.0234. The summed E-state index contributed by atoms with van der Waals surface area (Å²) in [5, 5.41) is 9.54. The number of halogens is 3. The Kier molecular flexibility index (Phi) is 6.07. The zero-order valence-corrected chi connectivity index (χ0v) is 15.5. The van der Waals surface area contributed by atoms with Crippen molar-refractivity contribution in [3.8, 4) is 0 Å². The Labute approximate surface area is 156 Å². The van der Waals surface area contributed by atoms with E-state index in [1.165, 1.54) is 17.0 Å². The van der Waals surface area contributed by atoms with Crippen LogP contribution < -0.4 is 0 Å². The monoisotopic (exact) mass is 387 g/mol. The van der Waals surface area contributed by atoms with Gasteiger partial charge in [-0.1, -0.05) is 12.1 Å². The van der Waals surface area contributed by atoms with Crippen molar-refractivity contribution >= 4 is 12.1 Å². The molecule has 0 aliphatic carbocycles. The van der Waals surface area contributed by atoms with Gasteiger partial charge < -0.3 is 14.7 Å². The number of likely N-dealkylation sites (tertiary alicyclic amines) is 1. The first kappa shape index (κ1) is 21.1.